The van der Waals surface area contributed by atoms with E-state index in [-0.39, 0.29) is 46.3 Å². The number of hydrogen-bond donors (Lipinski definition) is 3. The van der Waals surface area contributed by atoms with Gasteiger partial charge < -0.3 is 19.7 Å². The van der Waals surface area contributed by atoms with Crippen LogP contribution in [0.3, 0.4) is 0 Å². The fraction of sp³-hybridized carbons (Fsp3) is 0.295. The summed E-state index contributed by atoms with van der Waals surface area (Å²) in [5.74, 6) is -0.460. The first-order chi connectivity index (χ1) is 27.3. The molecule has 12 nitrogen and oxygen atoms in total. The summed E-state index contributed by atoms with van der Waals surface area (Å²) < 4.78 is 32.8. The van der Waals surface area contributed by atoms with Gasteiger partial charge in [-0.3, -0.25) is 14.3 Å². The van der Waals surface area contributed by atoms with Gasteiger partial charge in [-0.25, -0.2) is 18.3 Å². The zero-order valence-corrected chi connectivity index (χ0v) is 33.0. The van der Waals surface area contributed by atoms with E-state index in [1.807, 2.05) is 60.7 Å². The van der Waals surface area contributed by atoms with Crippen LogP contribution in [0.4, 0.5) is 17.2 Å². The molecule has 1 aliphatic carbocycles. The number of ether oxygens (including phenoxy) is 1. The fourth-order valence-corrected chi connectivity index (χ4v) is 8.94. The third-order valence-electron chi connectivity index (χ3n) is 10.6. The number of benzene rings is 3. The normalized spacial score (nSPS) is 22.1. The third kappa shape index (κ3) is 8.32. The molecule has 0 spiro atoms. The second kappa shape index (κ2) is 16.1. The molecule has 0 radical (unpaired) electrons. The topological polar surface area (TPSA) is 158 Å². The number of rotatable bonds is 9. The zero-order chi connectivity index (χ0) is 40.4. The molecule has 1 saturated heterocycles. The molecule has 7 rings (SSSR count). The standard InChI is InChI=1S/C44H44N6O6S/c1-26-22-27(2)36(28(3)23-26)44(53)56-40-38(30-16-10-7-11-17-30)34(46-41(40)48-43(52)31-18-12-19-32(24-31)49-57(5,54)55)25-33-37(29-14-8-6-9-15-29)39(45-4)42(47-33)50-21-13-20-35(50)51/h6-12,14-19,24-28,36,47,49H,13,20-23H2,1-3,5H3,(H,46,48,52). The number of amidine groups is 1. The summed E-state index contributed by atoms with van der Waals surface area (Å²) in [7, 11) is -3.61. The summed E-state index contributed by atoms with van der Waals surface area (Å²) in [5.41, 5.74) is 3.93. The van der Waals surface area contributed by atoms with Crippen LogP contribution in [-0.2, 0) is 24.3 Å². The van der Waals surface area contributed by atoms with Gasteiger partial charge in [0, 0.05) is 35.5 Å². The maximum Gasteiger partial charge on any atom is 0.315 e. The van der Waals surface area contributed by atoms with E-state index in [0.29, 0.717) is 59.2 Å². The van der Waals surface area contributed by atoms with E-state index in [1.165, 1.54) is 6.07 Å². The number of hydrogen-bond acceptors (Lipinski definition) is 7. The number of aliphatic hydroxyl groups is 1. The van der Waals surface area contributed by atoms with E-state index < -0.39 is 27.8 Å². The largest absolute Gasteiger partial charge is 0.493 e. The molecular formula is C44H44N6O6S. The minimum absolute atomic E-state index is 0.0422. The van der Waals surface area contributed by atoms with E-state index in [2.05, 4.69) is 40.3 Å². The smallest absolute Gasteiger partial charge is 0.315 e. The van der Waals surface area contributed by atoms with Crippen molar-refractivity contribution in [3.8, 4) is 11.1 Å². The number of nitrogens with one attached hydrogen (secondary N) is 2. The molecule has 4 aromatic rings. The summed E-state index contributed by atoms with van der Waals surface area (Å²) >= 11 is 0. The lowest BCUT2D eigenvalue weighted by Crippen LogP contribution is -2.36. The second-order valence-electron chi connectivity index (χ2n) is 15.1. The second-order valence-corrected chi connectivity index (χ2v) is 16.9. The number of allylic oxidation sites excluding steroid dienone is 1. The first-order valence-corrected chi connectivity index (χ1v) is 20.9. The van der Waals surface area contributed by atoms with Crippen LogP contribution < -0.4 is 9.62 Å². The summed E-state index contributed by atoms with van der Waals surface area (Å²) in [4.78, 5) is 45.7. The number of aromatic amines is 1. The van der Waals surface area contributed by atoms with Crippen molar-refractivity contribution in [2.75, 3.05) is 22.4 Å². The first-order valence-electron chi connectivity index (χ1n) is 19.0. The van der Waals surface area contributed by atoms with Gasteiger partial charge in [0.2, 0.25) is 33.4 Å². The predicted octanol–water partition coefficient (Wildman–Crippen LogP) is 8.76. The molecule has 3 heterocycles. The summed E-state index contributed by atoms with van der Waals surface area (Å²) in [6.45, 7) is 15.0. The van der Waals surface area contributed by atoms with Gasteiger partial charge in [-0.1, -0.05) is 87.5 Å². The van der Waals surface area contributed by atoms with Crippen LogP contribution in [0.25, 0.3) is 27.6 Å². The molecule has 1 aromatic heterocycles. The first kappa shape index (κ1) is 39.0. The number of carbonyl (C=O) groups excluding carboxylic acids is 2. The van der Waals surface area contributed by atoms with Crippen LogP contribution in [0.5, 0.6) is 0 Å². The van der Waals surface area contributed by atoms with Gasteiger partial charge in [-0.05, 0) is 72.4 Å². The Morgan fingerprint density at radius 3 is 2.30 bits per heavy atom. The average Bonchev–Trinajstić information content (AvgIpc) is 3.85. The van der Waals surface area contributed by atoms with Crippen molar-refractivity contribution in [3.63, 3.8) is 0 Å². The number of carbonyl (C=O) groups is 2. The summed E-state index contributed by atoms with van der Waals surface area (Å²) in [6, 6.07) is 24.8. The molecule has 3 aliphatic rings. The Morgan fingerprint density at radius 1 is 1.02 bits per heavy atom. The Morgan fingerprint density at radius 2 is 1.68 bits per heavy atom. The Kier molecular flexibility index (Phi) is 11.0. The molecule has 57 heavy (non-hydrogen) atoms. The minimum Gasteiger partial charge on any atom is -0.493 e. The number of aliphatic hydroxyl groups excluding tert-OH is 1. The SMILES string of the molecule is [C-]#[N+]c1c(N2CCCC2=O)[nH]c(C=C2N=C(N=C(O)c3cccc(NS(C)(=O)=O)c3)C(OC(=O)C3C(C)CC(C)CC3C)=C2c2ccccc2)c1-c1ccccc1. The van der Waals surface area contributed by atoms with Gasteiger partial charge in [0.1, 0.15) is 5.82 Å². The van der Waals surface area contributed by atoms with Gasteiger partial charge >= 0.3 is 5.97 Å². The van der Waals surface area contributed by atoms with Crippen molar-refractivity contribution in [2.24, 2.45) is 33.7 Å². The quantitative estimate of drug-likeness (QED) is 0.0667. The number of H-pyrrole nitrogens is 1. The molecule has 1 amide bonds. The van der Waals surface area contributed by atoms with Crippen molar-refractivity contribution >= 4 is 62.5 Å². The number of sulfonamides is 1. The summed E-state index contributed by atoms with van der Waals surface area (Å²) in [6.07, 6.45) is 5.57. The Balaban J connectivity index is 1.44. The molecular weight excluding hydrogens is 741 g/mol. The van der Waals surface area contributed by atoms with E-state index in [9.17, 15) is 23.1 Å². The Bertz CT molecular complexity index is 2490. The van der Waals surface area contributed by atoms with E-state index in [1.54, 1.807) is 29.2 Å². The highest BCUT2D eigenvalue weighted by Crippen LogP contribution is 2.46. The maximum absolute atomic E-state index is 14.3. The summed E-state index contributed by atoms with van der Waals surface area (Å²) in [5, 5.41) is 11.5. The lowest BCUT2D eigenvalue weighted by Gasteiger charge is -2.36. The highest BCUT2D eigenvalue weighted by atomic mass is 32.2. The van der Waals surface area contributed by atoms with Crippen molar-refractivity contribution in [1.29, 1.82) is 0 Å². The number of anilines is 2. The Labute approximate surface area is 332 Å². The van der Waals surface area contributed by atoms with Crippen molar-refractivity contribution in [3.05, 3.63) is 125 Å². The van der Waals surface area contributed by atoms with Crippen LogP contribution in [0, 0.1) is 30.2 Å². The monoisotopic (exact) mass is 784 g/mol. The molecule has 2 fully saturated rings. The highest BCUT2D eigenvalue weighted by molar-refractivity contribution is 7.92. The molecule has 13 heteroatoms. The molecule has 292 valence electrons. The van der Waals surface area contributed by atoms with E-state index in [0.717, 1.165) is 24.7 Å². The number of aliphatic imine (C=N–C) groups is 2. The third-order valence-corrected chi connectivity index (χ3v) is 11.2. The van der Waals surface area contributed by atoms with Crippen LogP contribution in [0.2, 0.25) is 0 Å². The average molecular weight is 785 g/mol. The molecule has 2 aliphatic heterocycles. The Hall–Kier alpha value is -6.26. The van der Waals surface area contributed by atoms with Crippen LogP contribution in [-0.4, -0.2) is 54.9 Å². The van der Waals surface area contributed by atoms with Crippen LogP contribution >= 0.6 is 0 Å². The lowest BCUT2D eigenvalue weighted by molar-refractivity contribution is -0.149. The predicted molar refractivity (Wildman–Crippen MR) is 223 cm³/mol. The van der Waals surface area contributed by atoms with Gasteiger partial charge in [0.15, 0.2) is 5.76 Å². The molecule has 2 unspecified atom stereocenters. The number of nitrogens with zero attached hydrogens (tertiary/aromatic N) is 4. The van der Waals surface area contributed by atoms with Crippen molar-refractivity contribution in [2.45, 2.75) is 46.5 Å². The number of aromatic nitrogens is 1. The fourth-order valence-electron chi connectivity index (χ4n) is 8.39. The van der Waals surface area contributed by atoms with Crippen molar-refractivity contribution in [1.82, 2.24) is 4.98 Å². The zero-order valence-electron chi connectivity index (χ0n) is 32.2. The molecule has 3 N–H and O–H groups in total. The molecule has 2 atom stereocenters. The number of esters is 1. The minimum atomic E-state index is -3.61. The van der Waals surface area contributed by atoms with Gasteiger partial charge in [0.05, 0.1) is 30.0 Å². The van der Waals surface area contributed by atoms with Gasteiger partial charge in [0.25, 0.3) is 0 Å². The highest BCUT2D eigenvalue weighted by Gasteiger charge is 2.40. The van der Waals surface area contributed by atoms with Crippen molar-refractivity contribution < 1.29 is 27.9 Å². The van der Waals surface area contributed by atoms with Gasteiger partial charge in [-0.15, -0.1) is 0 Å². The molecule has 0 bridgehead atoms. The molecule has 1 saturated carbocycles. The lowest BCUT2D eigenvalue weighted by atomic mass is 9.69. The van der Waals surface area contributed by atoms with Crippen LogP contribution in [0.15, 0.2) is 106 Å². The maximum atomic E-state index is 14.3. The molecule has 3 aromatic carbocycles. The van der Waals surface area contributed by atoms with E-state index >= 15 is 0 Å². The van der Waals surface area contributed by atoms with Gasteiger partial charge in [-0.2, -0.15) is 4.99 Å². The van der Waals surface area contributed by atoms with Crippen LogP contribution in [0.1, 0.15) is 63.3 Å². The van der Waals surface area contributed by atoms with E-state index in [4.69, 9.17) is 16.3 Å². The number of amides is 1.